The molecule has 0 aliphatic rings. The molecular weight excluding hydrogens is 63.0 g/mol. The molecule has 0 saturated heterocycles. The summed E-state index contributed by atoms with van der Waals surface area (Å²) in [6, 6.07) is 0. The second-order valence-electron chi connectivity index (χ2n) is 0.316. The van der Waals surface area contributed by atoms with Crippen molar-refractivity contribution >= 4 is 29.6 Å². The van der Waals surface area contributed by atoms with E-state index in [1.165, 1.54) is 0 Å². The molecule has 0 bridgehead atoms. The van der Waals surface area contributed by atoms with Crippen LogP contribution in [0.4, 0.5) is 0 Å². The monoisotopic (exact) mass is 71.0 g/mol. The van der Waals surface area contributed by atoms with E-state index in [9.17, 15) is 0 Å². The standard InChI is InChI=1S/C2H6O.Na.H/c1-2-3;;/h3H,2H2,1H3;;/p+1. The first-order valence-electron chi connectivity index (χ1n) is 1.02. The molecule has 0 heterocycles. The van der Waals surface area contributed by atoms with E-state index < -0.39 is 0 Å². The van der Waals surface area contributed by atoms with Crippen LogP contribution in [-0.4, -0.2) is 41.3 Å². The average molecular weight is 71.1 g/mol. The van der Waals surface area contributed by atoms with Crippen molar-refractivity contribution in [1.82, 2.24) is 0 Å². The van der Waals surface area contributed by atoms with Crippen LogP contribution in [0.1, 0.15) is 8.35 Å². The van der Waals surface area contributed by atoms with Crippen LogP contribution in [0.15, 0.2) is 0 Å². The molecule has 0 aliphatic heterocycles. The summed E-state index contributed by atoms with van der Waals surface area (Å²) in [5.41, 5.74) is 0. The van der Waals surface area contributed by atoms with E-state index in [4.69, 9.17) is 5.11 Å². The van der Waals surface area contributed by atoms with Crippen molar-refractivity contribution in [1.29, 1.82) is 0 Å². The van der Waals surface area contributed by atoms with Crippen LogP contribution in [0.2, 0.25) is 0 Å². The fraction of sp³-hybridized carbons (Fsp3) is 1.00. The molecule has 0 atom stereocenters. The molecule has 0 saturated carbocycles. The topological polar surface area (TPSA) is 20.2 Å². The first kappa shape index (κ1) is 8.88. The first-order chi connectivity index (χ1) is 1.41. The summed E-state index contributed by atoms with van der Waals surface area (Å²) in [7, 11) is 0. The fourth-order valence-electron chi connectivity index (χ4n) is 0. The number of aliphatic hydroxyl groups excluding tert-OH is 1. The van der Waals surface area contributed by atoms with Crippen LogP contribution in [0.25, 0.3) is 0 Å². The molecule has 0 rings (SSSR count). The molecule has 2 heteroatoms. The minimum absolute atomic E-state index is 0. The number of hydrogen-bond donors (Lipinski definition) is 1. The Morgan fingerprint density at radius 1 is 2.00 bits per heavy atom. The van der Waals surface area contributed by atoms with E-state index in [1.54, 1.807) is 6.92 Å². The third kappa shape index (κ3) is 12.3. The Morgan fingerprint density at radius 3 is 2.00 bits per heavy atom. The van der Waals surface area contributed by atoms with Gasteiger partial charge >= 0.3 is 31.0 Å². The predicted molar refractivity (Wildman–Crippen MR) is 21.0 cm³/mol. The molecule has 0 aliphatic carbocycles. The molecule has 0 radical (unpaired) electrons. The Bertz CT molecular complexity index is 9.61. The minimum atomic E-state index is 0. The van der Waals surface area contributed by atoms with E-state index in [2.05, 4.69) is 0 Å². The number of rotatable bonds is 0. The van der Waals surface area contributed by atoms with Gasteiger partial charge in [-0.3, -0.25) is 0 Å². The van der Waals surface area contributed by atoms with Gasteiger partial charge in [0.2, 0.25) is 0 Å². The zero-order chi connectivity index (χ0) is 2.71. The quantitative estimate of drug-likeness (QED) is 0.380. The summed E-state index contributed by atoms with van der Waals surface area (Å²) >= 11 is 0. The van der Waals surface area contributed by atoms with Crippen molar-refractivity contribution in [3.63, 3.8) is 0 Å². The van der Waals surface area contributed by atoms with E-state index in [0.717, 1.165) is 0 Å². The van der Waals surface area contributed by atoms with Crippen molar-refractivity contribution in [2.75, 3.05) is 6.61 Å². The molecule has 0 spiro atoms. The summed E-state index contributed by atoms with van der Waals surface area (Å²) < 4.78 is 0. The maximum absolute atomic E-state index is 7.57. The molecule has 4 heavy (non-hydrogen) atoms. The van der Waals surface area contributed by atoms with Gasteiger partial charge in [0.25, 0.3) is 0 Å². The molecule has 0 aromatic heterocycles. The normalized spacial score (nSPS) is 4.50. The summed E-state index contributed by atoms with van der Waals surface area (Å²) in [5, 5.41) is 7.57. The molecule has 0 aromatic rings. The molecule has 0 aromatic carbocycles. The van der Waals surface area contributed by atoms with E-state index in [1.807, 2.05) is 0 Å². The van der Waals surface area contributed by atoms with Gasteiger partial charge in [0, 0.05) is 6.61 Å². The number of aliphatic hydroxyl groups is 1. The van der Waals surface area contributed by atoms with Crippen LogP contribution >= 0.6 is 0 Å². The van der Waals surface area contributed by atoms with Crippen LogP contribution in [0, 0.1) is 0 Å². The van der Waals surface area contributed by atoms with E-state index >= 15 is 0 Å². The van der Waals surface area contributed by atoms with Gasteiger partial charge in [0.1, 0.15) is 0 Å². The van der Waals surface area contributed by atoms with Gasteiger partial charge < -0.3 is 5.11 Å². The first-order valence-corrected chi connectivity index (χ1v) is 1.02. The van der Waals surface area contributed by atoms with Crippen LogP contribution in [0.5, 0.6) is 0 Å². The molecule has 0 fully saturated rings. The summed E-state index contributed by atoms with van der Waals surface area (Å²) in [4.78, 5) is 0. The van der Waals surface area contributed by atoms with Gasteiger partial charge in [0.05, 0.1) is 0 Å². The Hall–Kier alpha value is 0.960. The zero-order valence-electron chi connectivity index (χ0n) is 3.15. The summed E-state index contributed by atoms with van der Waals surface area (Å²) in [6.45, 7) is 1.93. The molecular formula is C2H8NaO+. The Balaban J connectivity index is -0.0000000200. The van der Waals surface area contributed by atoms with Crippen molar-refractivity contribution in [3.8, 4) is 0 Å². The van der Waals surface area contributed by atoms with Crippen LogP contribution in [0.3, 0.4) is 0 Å². The Morgan fingerprint density at radius 2 is 2.00 bits per heavy atom. The third-order valence-electron chi connectivity index (χ3n) is 0. The summed E-state index contributed by atoms with van der Waals surface area (Å²) in [5.74, 6) is 0. The molecule has 22 valence electrons. The summed E-state index contributed by atoms with van der Waals surface area (Å²) in [6.07, 6.45) is 0. The molecule has 1 N–H and O–H groups in total. The van der Waals surface area contributed by atoms with Gasteiger partial charge in [-0.15, -0.1) is 0 Å². The molecule has 0 unspecified atom stereocenters. The second-order valence-corrected chi connectivity index (χ2v) is 0.316. The zero-order valence-corrected chi connectivity index (χ0v) is 2.15. The van der Waals surface area contributed by atoms with Crippen molar-refractivity contribution in [2.24, 2.45) is 0 Å². The predicted octanol–water partition coefficient (Wildman–Crippen LogP) is -0.537. The van der Waals surface area contributed by atoms with Gasteiger partial charge in [-0.25, -0.2) is 0 Å². The fourth-order valence-corrected chi connectivity index (χ4v) is 0. The van der Waals surface area contributed by atoms with Gasteiger partial charge in [0.15, 0.2) is 0 Å². The van der Waals surface area contributed by atoms with Crippen LogP contribution in [-0.2, 0) is 0 Å². The van der Waals surface area contributed by atoms with Crippen molar-refractivity contribution in [3.05, 3.63) is 0 Å². The van der Waals surface area contributed by atoms with Gasteiger partial charge in [-0.05, 0) is 6.92 Å². The van der Waals surface area contributed by atoms with Crippen LogP contribution < -0.4 is 0 Å². The second kappa shape index (κ2) is 9.03. The Labute approximate surface area is 49.8 Å². The molecule has 0 amide bonds. The maximum atomic E-state index is 7.57. The SMILES string of the molecule is CCO.[H+].[NaH]. The van der Waals surface area contributed by atoms with Crippen molar-refractivity contribution in [2.45, 2.75) is 6.92 Å². The van der Waals surface area contributed by atoms with Crippen molar-refractivity contribution < 1.29 is 6.53 Å². The van der Waals surface area contributed by atoms with E-state index in [-0.39, 0.29) is 37.6 Å². The number of hydrogen-bond acceptors (Lipinski definition) is 1. The van der Waals surface area contributed by atoms with Gasteiger partial charge in [-0.2, -0.15) is 0 Å². The van der Waals surface area contributed by atoms with Gasteiger partial charge in [-0.1, -0.05) is 0 Å². The van der Waals surface area contributed by atoms with E-state index in [0.29, 0.717) is 0 Å². The third-order valence-corrected chi connectivity index (χ3v) is 0. The molecule has 1 nitrogen and oxygen atoms in total. The Kier molecular flexibility index (Phi) is 20.0. The average Bonchev–Trinajstić information content (AvgIpc) is 0.918.